The molecule has 3 heteroatoms. The lowest BCUT2D eigenvalue weighted by atomic mass is 9.99. The smallest absolute Gasteiger partial charge is 0.130 e. The molecule has 0 spiro atoms. The number of hydrogen-bond acceptors (Lipinski definition) is 2. The average molecular weight is 258 g/mol. The molecule has 0 bridgehead atoms. The van der Waals surface area contributed by atoms with Gasteiger partial charge in [0.25, 0.3) is 0 Å². The van der Waals surface area contributed by atoms with Gasteiger partial charge in [-0.25, -0.2) is 4.39 Å². The summed E-state index contributed by atoms with van der Waals surface area (Å²) in [6, 6.07) is 9.47. The van der Waals surface area contributed by atoms with Crippen LogP contribution in [0.5, 0.6) is 0 Å². The molecule has 1 heterocycles. The number of likely N-dealkylation sites (N-methyl/N-ethyl adjacent to an activating group) is 1. The predicted octanol–water partition coefficient (Wildman–Crippen LogP) is 3.34. The van der Waals surface area contributed by atoms with Gasteiger partial charge in [0.15, 0.2) is 0 Å². The van der Waals surface area contributed by atoms with E-state index in [4.69, 9.17) is 0 Å². The number of halogens is 1. The molecule has 2 nitrogen and oxygen atoms in total. The van der Waals surface area contributed by atoms with Crippen molar-refractivity contribution in [2.24, 2.45) is 0 Å². The fourth-order valence-electron chi connectivity index (χ4n) is 2.14. The van der Waals surface area contributed by atoms with Crippen molar-refractivity contribution in [2.75, 3.05) is 7.05 Å². The summed E-state index contributed by atoms with van der Waals surface area (Å²) in [5.41, 5.74) is 3.47. The molecule has 0 aliphatic heterocycles. The number of benzene rings is 1. The second-order valence-electron chi connectivity index (χ2n) is 4.85. The summed E-state index contributed by atoms with van der Waals surface area (Å²) >= 11 is 0. The molecule has 1 atom stereocenters. The Kier molecular flexibility index (Phi) is 4.27. The molecular formula is C16H19FN2. The maximum Gasteiger partial charge on any atom is 0.130 e. The lowest BCUT2D eigenvalue weighted by Crippen LogP contribution is -2.21. The molecule has 0 aliphatic carbocycles. The SMILES string of the molecule is CNC(Cc1ccc(C)cn1)c1cccc(C)c1F. The number of nitrogens with one attached hydrogen (secondary N) is 1. The maximum absolute atomic E-state index is 14.1. The summed E-state index contributed by atoms with van der Waals surface area (Å²) in [6.45, 7) is 3.79. The van der Waals surface area contributed by atoms with Crippen molar-refractivity contribution in [1.29, 1.82) is 0 Å². The van der Waals surface area contributed by atoms with E-state index in [0.29, 0.717) is 17.5 Å². The van der Waals surface area contributed by atoms with Gasteiger partial charge in [-0.2, -0.15) is 0 Å². The van der Waals surface area contributed by atoms with E-state index < -0.39 is 0 Å². The van der Waals surface area contributed by atoms with Crippen LogP contribution in [0.2, 0.25) is 0 Å². The molecule has 0 amide bonds. The largest absolute Gasteiger partial charge is 0.313 e. The molecule has 0 saturated carbocycles. The molecule has 0 saturated heterocycles. The second kappa shape index (κ2) is 5.93. The van der Waals surface area contributed by atoms with Gasteiger partial charge in [0, 0.05) is 29.9 Å². The third-order valence-corrected chi connectivity index (χ3v) is 3.33. The van der Waals surface area contributed by atoms with Crippen LogP contribution in [0.3, 0.4) is 0 Å². The van der Waals surface area contributed by atoms with E-state index in [-0.39, 0.29) is 11.9 Å². The van der Waals surface area contributed by atoms with Gasteiger partial charge in [-0.05, 0) is 38.1 Å². The first-order chi connectivity index (χ1) is 9.11. The van der Waals surface area contributed by atoms with Gasteiger partial charge >= 0.3 is 0 Å². The van der Waals surface area contributed by atoms with Crippen LogP contribution in [0.25, 0.3) is 0 Å². The van der Waals surface area contributed by atoms with E-state index in [1.165, 1.54) is 0 Å². The molecule has 0 aliphatic rings. The predicted molar refractivity (Wildman–Crippen MR) is 75.6 cm³/mol. The van der Waals surface area contributed by atoms with Crippen LogP contribution in [-0.2, 0) is 6.42 Å². The van der Waals surface area contributed by atoms with Crippen LogP contribution in [0, 0.1) is 19.7 Å². The zero-order valence-electron chi connectivity index (χ0n) is 11.6. The molecule has 0 fully saturated rings. The molecule has 2 rings (SSSR count). The summed E-state index contributed by atoms with van der Waals surface area (Å²) in [5.74, 6) is -0.131. The van der Waals surface area contributed by atoms with Crippen LogP contribution in [-0.4, -0.2) is 12.0 Å². The van der Waals surface area contributed by atoms with E-state index in [0.717, 1.165) is 11.3 Å². The van der Waals surface area contributed by atoms with Gasteiger partial charge in [0.1, 0.15) is 5.82 Å². The van der Waals surface area contributed by atoms with Crippen molar-refractivity contribution in [3.05, 3.63) is 64.7 Å². The highest BCUT2D eigenvalue weighted by Crippen LogP contribution is 2.22. The summed E-state index contributed by atoms with van der Waals surface area (Å²) in [6.07, 6.45) is 2.52. The van der Waals surface area contributed by atoms with Crippen LogP contribution >= 0.6 is 0 Å². The summed E-state index contributed by atoms with van der Waals surface area (Å²) < 4.78 is 14.1. The number of pyridine rings is 1. The van der Waals surface area contributed by atoms with Gasteiger partial charge in [-0.1, -0.05) is 24.3 Å². The van der Waals surface area contributed by atoms with E-state index in [1.54, 1.807) is 13.0 Å². The second-order valence-corrected chi connectivity index (χ2v) is 4.85. The zero-order chi connectivity index (χ0) is 13.8. The quantitative estimate of drug-likeness (QED) is 0.909. The van der Waals surface area contributed by atoms with Crippen molar-refractivity contribution in [3.63, 3.8) is 0 Å². The van der Waals surface area contributed by atoms with Crippen molar-refractivity contribution < 1.29 is 4.39 Å². The Morgan fingerprint density at radius 2 is 2.00 bits per heavy atom. The fourth-order valence-corrected chi connectivity index (χ4v) is 2.14. The Hall–Kier alpha value is -1.74. The molecule has 1 unspecified atom stereocenters. The Labute approximate surface area is 113 Å². The molecule has 1 aromatic heterocycles. The number of hydrogen-bond donors (Lipinski definition) is 1. The molecule has 100 valence electrons. The standard InChI is InChI=1S/C16H19FN2/c1-11-7-8-13(19-10-11)9-15(18-3)14-6-4-5-12(2)16(14)17/h4-8,10,15,18H,9H2,1-3H3. The van der Waals surface area contributed by atoms with Crippen molar-refractivity contribution >= 4 is 0 Å². The van der Waals surface area contributed by atoms with E-state index in [9.17, 15) is 4.39 Å². The highest BCUT2D eigenvalue weighted by molar-refractivity contribution is 5.28. The Balaban J connectivity index is 2.25. The topological polar surface area (TPSA) is 24.9 Å². The van der Waals surface area contributed by atoms with Crippen molar-refractivity contribution in [3.8, 4) is 0 Å². The molecular weight excluding hydrogens is 239 g/mol. The molecule has 1 N–H and O–H groups in total. The minimum absolute atomic E-state index is 0.0601. The maximum atomic E-state index is 14.1. The van der Waals surface area contributed by atoms with Crippen LogP contribution in [0.15, 0.2) is 36.5 Å². The molecule has 1 aromatic carbocycles. The van der Waals surface area contributed by atoms with Crippen molar-refractivity contribution in [1.82, 2.24) is 10.3 Å². The summed E-state index contributed by atoms with van der Waals surface area (Å²) in [7, 11) is 1.85. The van der Waals surface area contributed by atoms with Crippen LogP contribution in [0.4, 0.5) is 4.39 Å². The summed E-state index contributed by atoms with van der Waals surface area (Å²) in [5, 5.41) is 3.17. The van der Waals surface area contributed by atoms with E-state index in [2.05, 4.69) is 10.3 Å². The van der Waals surface area contributed by atoms with Crippen LogP contribution in [0.1, 0.15) is 28.4 Å². The van der Waals surface area contributed by atoms with Gasteiger partial charge in [-0.3, -0.25) is 4.98 Å². The fraction of sp³-hybridized carbons (Fsp3) is 0.312. The minimum Gasteiger partial charge on any atom is -0.313 e. The lowest BCUT2D eigenvalue weighted by Gasteiger charge is -2.18. The average Bonchev–Trinajstić information content (AvgIpc) is 2.42. The highest BCUT2D eigenvalue weighted by Gasteiger charge is 2.16. The molecule has 2 aromatic rings. The van der Waals surface area contributed by atoms with Gasteiger partial charge < -0.3 is 5.32 Å². The van der Waals surface area contributed by atoms with E-state index in [1.807, 2.05) is 44.4 Å². The number of aromatic nitrogens is 1. The Morgan fingerprint density at radius 1 is 1.21 bits per heavy atom. The monoisotopic (exact) mass is 258 g/mol. The molecule has 0 radical (unpaired) electrons. The number of nitrogens with zero attached hydrogens (tertiary/aromatic N) is 1. The van der Waals surface area contributed by atoms with Crippen LogP contribution < -0.4 is 5.32 Å². The van der Waals surface area contributed by atoms with E-state index >= 15 is 0 Å². The third-order valence-electron chi connectivity index (χ3n) is 3.33. The number of aryl methyl sites for hydroxylation is 2. The number of rotatable bonds is 4. The normalized spacial score (nSPS) is 12.4. The Morgan fingerprint density at radius 3 is 2.63 bits per heavy atom. The van der Waals surface area contributed by atoms with Gasteiger partial charge in [0.2, 0.25) is 0 Å². The lowest BCUT2D eigenvalue weighted by molar-refractivity contribution is 0.526. The first-order valence-corrected chi connectivity index (χ1v) is 6.45. The first-order valence-electron chi connectivity index (χ1n) is 6.45. The zero-order valence-corrected chi connectivity index (χ0v) is 11.6. The first kappa shape index (κ1) is 13.7. The molecule has 19 heavy (non-hydrogen) atoms. The minimum atomic E-state index is -0.131. The van der Waals surface area contributed by atoms with Gasteiger partial charge in [-0.15, -0.1) is 0 Å². The van der Waals surface area contributed by atoms with Crippen molar-refractivity contribution in [2.45, 2.75) is 26.3 Å². The van der Waals surface area contributed by atoms with Gasteiger partial charge in [0.05, 0.1) is 0 Å². The Bertz CT molecular complexity index is 549. The third kappa shape index (κ3) is 3.18. The summed E-state index contributed by atoms with van der Waals surface area (Å²) in [4.78, 5) is 4.38. The highest BCUT2D eigenvalue weighted by atomic mass is 19.1.